The molecule has 2 aromatic carbocycles. The number of anilines is 1. The van der Waals surface area contributed by atoms with E-state index in [2.05, 4.69) is 20.8 Å². The first kappa shape index (κ1) is 17.4. The van der Waals surface area contributed by atoms with Crippen LogP contribution in [0.1, 0.15) is 71.9 Å². The van der Waals surface area contributed by atoms with Crippen LogP contribution in [0.25, 0.3) is 0 Å². The number of fused-ring (bicyclic) bond motifs is 1. The van der Waals surface area contributed by atoms with Gasteiger partial charge in [0.2, 0.25) is 0 Å². The van der Waals surface area contributed by atoms with Crippen molar-refractivity contribution in [3.8, 4) is 0 Å². The molecule has 1 amide bonds. The molecule has 25 heavy (non-hydrogen) atoms. The second-order valence-corrected chi connectivity index (χ2v) is 7.71. The number of nitrogens with zero attached hydrogens (tertiary/aromatic N) is 1. The molecule has 0 radical (unpaired) electrons. The summed E-state index contributed by atoms with van der Waals surface area (Å²) in [4.78, 5) is 27.1. The number of ketones is 1. The minimum absolute atomic E-state index is 0.00808. The fourth-order valence-electron chi connectivity index (χ4n) is 4.05. The Morgan fingerprint density at radius 2 is 1.76 bits per heavy atom. The van der Waals surface area contributed by atoms with E-state index in [1.807, 2.05) is 54.3 Å². The summed E-state index contributed by atoms with van der Waals surface area (Å²) >= 11 is 0. The highest BCUT2D eigenvalue weighted by Crippen LogP contribution is 2.45. The number of carbonyl (C=O) groups is 2. The number of rotatable bonds is 2. The molecule has 130 valence electrons. The van der Waals surface area contributed by atoms with Gasteiger partial charge in [-0.2, -0.15) is 0 Å². The third kappa shape index (κ3) is 2.99. The van der Waals surface area contributed by atoms with Crippen LogP contribution in [0.5, 0.6) is 0 Å². The maximum Gasteiger partial charge on any atom is 0.258 e. The molecule has 3 heteroatoms. The average Bonchev–Trinajstić information content (AvgIpc) is 2.53. The van der Waals surface area contributed by atoms with E-state index in [0.717, 1.165) is 28.8 Å². The van der Waals surface area contributed by atoms with Crippen LogP contribution in [0.15, 0.2) is 42.5 Å². The van der Waals surface area contributed by atoms with Crippen LogP contribution >= 0.6 is 0 Å². The molecule has 0 bridgehead atoms. The molecule has 2 aromatic rings. The summed E-state index contributed by atoms with van der Waals surface area (Å²) in [5, 5.41) is 0. The molecule has 1 unspecified atom stereocenters. The first-order chi connectivity index (χ1) is 11.7. The van der Waals surface area contributed by atoms with Gasteiger partial charge < -0.3 is 4.90 Å². The molecule has 0 aromatic heterocycles. The molecule has 1 aliphatic rings. The number of amides is 1. The summed E-state index contributed by atoms with van der Waals surface area (Å²) < 4.78 is 0. The lowest BCUT2D eigenvalue weighted by atomic mass is 9.78. The topological polar surface area (TPSA) is 37.4 Å². The van der Waals surface area contributed by atoms with Crippen molar-refractivity contribution in [2.75, 3.05) is 4.90 Å². The van der Waals surface area contributed by atoms with Gasteiger partial charge in [-0.15, -0.1) is 0 Å². The Bertz CT molecular complexity index is 837. The van der Waals surface area contributed by atoms with Crippen molar-refractivity contribution in [1.82, 2.24) is 0 Å². The van der Waals surface area contributed by atoms with E-state index in [0.29, 0.717) is 11.5 Å². The van der Waals surface area contributed by atoms with Gasteiger partial charge in [0, 0.05) is 22.4 Å². The summed E-state index contributed by atoms with van der Waals surface area (Å²) in [7, 11) is 0. The molecule has 1 aliphatic heterocycles. The number of carbonyl (C=O) groups excluding carboxylic acids is 2. The molecule has 1 heterocycles. The van der Waals surface area contributed by atoms with Gasteiger partial charge in [-0.25, -0.2) is 0 Å². The van der Waals surface area contributed by atoms with E-state index in [-0.39, 0.29) is 17.2 Å². The Hall–Kier alpha value is -2.42. The highest BCUT2D eigenvalue weighted by Gasteiger charge is 2.40. The Morgan fingerprint density at radius 1 is 1.12 bits per heavy atom. The van der Waals surface area contributed by atoms with E-state index in [4.69, 9.17) is 0 Å². The quantitative estimate of drug-likeness (QED) is 0.713. The molecule has 0 saturated heterocycles. The van der Waals surface area contributed by atoms with Crippen molar-refractivity contribution in [3.63, 3.8) is 0 Å². The molecule has 0 fully saturated rings. The van der Waals surface area contributed by atoms with Gasteiger partial charge >= 0.3 is 0 Å². The Kier molecular flexibility index (Phi) is 4.28. The predicted molar refractivity (Wildman–Crippen MR) is 102 cm³/mol. The van der Waals surface area contributed by atoms with E-state index in [1.54, 1.807) is 6.92 Å². The molecular weight excluding hydrogens is 310 g/mol. The first-order valence-corrected chi connectivity index (χ1v) is 8.77. The van der Waals surface area contributed by atoms with Crippen molar-refractivity contribution >= 4 is 17.4 Å². The molecule has 0 aliphatic carbocycles. The molecule has 3 nitrogen and oxygen atoms in total. The largest absolute Gasteiger partial charge is 0.303 e. The summed E-state index contributed by atoms with van der Waals surface area (Å²) in [6.07, 6.45) is 0.860. The van der Waals surface area contributed by atoms with Gasteiger partial charge in [-0.1, -0.05) is 25.1 Å². The zero-order chi connectivity index (χ0) is 18.4. The van der Waals surface area contributed by atoms with Crippen molar-refractivity contribution in [3.05, 3.63) is 64.7 Å². The van der Waals surface area contributed by atoms with Crippen LogP contribution in [-0.4, -0.2) is 17.2 Å². The maximum absolute atomic E-state index is 13.3. The van der Waals surface area contributed by atoms with Crippen LogP contribution in [-0.2, 0) is 0 Å². The normalized spacial score (nSPS) is 18.6. The Labute approximate surface area is 149 Å². The average molecular weight is 335 g/mol. The molecular formula is C22H25NO2. The SMILES string of the molecule is CC(=O)c1cc2c(cc1C)N(C(=O)c1ccccc1)C(C)(C)CC2C. The van der Waals surface area contributed by atoms with E-state index in [1.165, 1.54) is 0 Å². The van der Waals surface area contributed by atoms with Gasteiger partial charge in [0.25, 0.3) is 5.91 Å². The van der Waals surface area contributed by atoms with E-state index in [9.17, 15) is 9.59 Å². The summed E-state index contributed by atoms with van der Waals surface area (Å²) in [6.45, 7) is 9.93. The monoisotopic (exact) mass is 335 g/mol. The molecule has 0 N–H and O–H groups in total. The Balaban J connectivity index is 2.19. The molecule has 0 spiro atoms. The molecule has 0 saturated carbocycles. The second kappa shape index (κ2) is 6.14. The highest BCUT2D eigenvalue weighted by atomic mass is 16.2. The number of benzene rings is 2. The summed E-state index contributed by atoms with van der Waals surface area (Å²) in [6, 6.07) is 13.4. The lowest BCUT2D eigenvalue weighted by Gasteiger charge is -2.46. The zero-order valence-electron chi connectivity index (χ0n) is 15.6. The lowest BCUT2D eigenvalue weighted by Crippen LogP contribution is -2.51. The maximum atomic E-state index is 13.3. The smallest absolute Gasteiger partial charge is 0.258 e. The van der Waals surface area contributed by atoms with Crippen LogP contribution in [0, 0.1) is 6.92 Å². The lowest BCUT2D eigenvalue weighted by molar-refractivity contribution is 0.0953. The van der Waals surface area contributed by atoms with Gasteiger partial charge in [0.1, 0.15) is 0 Å². The first-order valence-electron chi connectivity index (χ1n) is 8.77. The number of Topliss-reactive ketones (excluding diaryl/α,β-unsaturated/α-hetero) is 1. The second-order valence-electron chi connectivity index (χ2n) is 7.71. The van der Waals surface area contributed by atoms with Crippen LogP contribution in [0.3, 0.4) is 0 Å². The highest BCUT2D eigenvalue weighted by molar-refractivity contribution is 6.08. The van der Waals surface area contributed by atoms with Crippen molar-refractivity contribution in [2.24, 2.45) is 0 Å². The third-order valence-corrected chi connectivity index (χ3v) is 5.16. The number of hydrogen-bond donors (Lipinski definition) is 0. The van der Waals surface area contributed by atoms with E-state index >= 15 is 0 Å². The number of aryl methyl sites for hydroxylation is 1. The van der Waals surface area contributed by atoms with Gasteiger partial charge in [-0.3, -0.25) is 9.59 Å². The van der Waals surface area contributed by atoms with Gasteiger partial charge in [0.05, 0.1) is 0 Å². The fourth-order valence-corrected chi connectivity index (χ4v) is 4.05. The predicted octanol–water partition coefficient (Wildman–Crippen LogP) is 5.13. The zero-order valence-corrected chi connectivity index (χ0v) is 15.6. The van der Waals surface area contributed by atoms with Crippen molar-refractivity contribution < 1.29 is 9.59 Å². The fraction of sp³-hybridized carbons (Fsp3) is 0.364. The minimum Gasteiger partial charge on any atom is -0.303 e. The van der Waals surface area contributed by atoms with Crippen molar-refractivity contribution in [1.29, 1.82) is 0 Å². The van der Waals surface area contributed by atoms with Crippen LogP contribution in [0.2, 0.25) is 0 Å². The van der Waals surface area contributed by atoms with Crippen molar-refractivity contribution in [2.45, 2.75) is 52.5 Å². The standard InChI is InChI=1S/C22H25NO2/c1-14-11-20-19(12-18(14)16(3)24)15(2)13-22(4,5)23(20)21(25)17-9-7-6-8-10-17/h6-12,15H,13H2,1-5H3. The third-order valence-electron chi connectivity index (χ3n) is 5.16. The number of hydrogen-bond acceptors (Lipinski definition) is 2. The van der Waals surface area contributed by atoms with Gasteiger partial charge in [-0.05, 0) is 75.4 Å². The molecule has 1 atom stereocenters. The summed E-state index contributed by atoms with van der Waals surface area (Å²) in [5.74, 6) is 0.371. The van der Waals surface area contributed by atoms with Crippen LogP contribution in [0.4, 0.5) is 5.69 Å². The van der Waals surface area contributed by atoms with E-state index < -0.39 is 0 Å². The summed E-state index contributed by atoms with van der Waals surface area (Å²) in [5.41, 5.74) is 4.08. The van der Waals surface area contributed by atoms with Gasteiger partial charge in [0.15, 0.2) is 5.78 Å². The molecule has 3 rings (SSSR count). The van der Waals surface area contributed by atoms with Crippen LogP contribution < -0.4 is 4.90 Å². The Morgan fingerprint density at radius 3 is 2.36 bits per heavy atom. The minimum atomic E-state index is -0.288.